The van der Waals surface area contributed by atoms with Gasteiger partial charge in [0, 0.05) is 17.8 Å². The predicted molar refractivity (Wildman–Crippen MR) is 113 cm³/mol. The zero-order chi connectivity index (χ0) is 20.7. The van der Waals surface area contributed by atoms with Crippen molar-refractivity contribution in [2.75, 3.05) is 11.5 Å². The van der Waals surface area contributed by atoms with Crippen LogP contribution in [0.3, 0.4) is 0 Å². The minimum atomic E-state index is -0.710. The molecule has 4 rings (SSSR count). The fourth-order valence-electron chi connectivity index (χ4n) is 4.20. The number of thioether (sulfide) groups is 1. The van der Waals surface area contributed by atoms with Crippen molar-refractivity contribution in [1.82, 2.24) is 19.1 Å². The zero-order valence-electron chi connectivity index (χ0n) is 16.9. The summed E-state index contributed by atoms with van der Waals surface area (Å²) in [6.45, 7) is 4.05. The van der Waals surface area contributed by atoms with E-state index in [1.165, 1.54) is 35.6 Å². The van der Waals surface area contributed by atoms with Crippen molar-refractivity contribution >= 4 is 23.4 Å². The second kappa shape index (κ2) is 7.85. The van der Waals surface area contributed by atoms with Crippen molar-refractivity contribution < 1.29 is 4.79 Å². The van der Waals surface area contributed by atoms with Crippen LogP contribution in [-0.2, 0) is 0 Å². The first-order valence-electron chi connectivity index (χ1n) is 10.2. The Bertz CT molecular complexity index is 1060. The lowest BCUT2D eigenvalue weighted by molar-refractivity contribution is 0.102. The number of nitrogens with zero attached hydrogens (tertiary/aromatic N) is 3. The lowest BCUT2D eigenvalue weighted by Gasteiger charge is -2.26. The van der Waals surface area contributed by atoms with Gasteiger partial charge in [-0.15, -0.1) is 0 Å². The van der Waals surface area contributed by atoms with E-state index in [1.54, 1.807) is 0 Å². The number of anilines is 1. The Labute approximate surface area is 172 Å². The normalized spacial score (nSPS) is 17.6. The van der Waals surface area contributed by atoms with Crippen LogP contribution in [0.4, 0.5) is 5.82 Å². The molecule has 0 bridgehead atoms. The van der Waals surface area contributed by atoms with Gasteiger partial charge in [0.15, 0.2) is 10.9 Å². The minimum absolute atomic E-state index is 0.0187. The van der Waals surface area contributed by atoms with E-state index in [2.05, 4.69) is 21.5 Å². The number of Topliss-reactive ketones (excluding diaryl/α,β-unsaturated/α-hetero) is 1. The van der Waals surface area contributed by atoms with E-state index in [1.807, 2.05) is 6.92 Å². The first-order valence-corrected chi connectivity index (χ1v) is 11.2. The van der Waals surface area contributed by atoms with Crippen LogP contribution in [-0.4, -0.2) is 30.6 Å². The van der Waals surface area contributed by atoms with Crippen LogP contribution in [0.25, 0.3) is 0 Å². The minimum Gasteiger partial charge on any atom is -0.384 e. The first-order chi connectivity index (χ1) is 13.9. The summed E-state index contributed by atoms with van der Waals surface area (Å²) in [5, 5.41) is 0.811. The van der Waals surface area contributed by atoms with Crippen molar-refractivity contribution in [3.8, 4) is 0 Å². The molecule has 0 unspecified atom stereocenters. The van der Waals surface area contributed by atoms with Crippen LogP contribution in [0.2, 0.25) is 0 Å². The maximum Gasteiger partial charge on any atom is 0.330 e. The summed E-state index contributed by atoms with van der Waals surface area (Å²) in [6, 6.07) is 0.391. The van der Waals surface area contributed by atoms with E-state index < -0.39 is 11.2 Å². The Hall–Kier alpha value is -2.29. The number of aryl methyl sites for hydroxylation is 1. The molecular formula is C20H27N5O3S. The van der Waals surface area contributed by atoms with Gasteiger partial charge in [0.1, 0.15) is 11.4 Å². The van der Waals surface area contributed by atoms with E-state index in [0.717, 1.165) is 42.2 Å². The van der Waals surface area contributed by atoms with Gasteiger partial charge in [0.2, 0.25) is 0 Å². The number of carbonyl (C=O) groups is 1. The molecule has 2 aliphatic carbocycles. The summed E-state index contributed by atoms with van der Waals surface area (Å²) in [7, 11) is 0. The molecule has 0 atom stereocenters. The third kappa shape index (κ3) is 3.80. The number of aromatic amines is 1. The fourth-order valence-corrected chi connectivity index (χ4v) is 5.23. The van der Waals surface area contributed by atoms with Crippen molar-refractivity contribution in [3.05, 3.63) is 37.8 Å². The maximum atomic E-state index is 12.9. The number of hydrogen-bond acceptors (Lipinski definition) is 6. The predicted octanol–water partition coefficient (Wildman–Crippen LogP) is 2.75. The average molecular weight is 418 g/mol. The Morgan fingerprint density at radius 1 is 1.10 bits per heavy atom. The van der Waals surface area contributed by atoms with Crippen molar-refractivity contribution in [2.24, 2.45) is 0 Å². The van der Waals surface area contributed by atoms with Crippen LogP contribution in [0.15, 0.2) is 14.7 Å². The quantitative estimate of drug-likeness (QED) is 0.551. The number of H-pyrrole nitrogens is 1. The van der Waals surface area contributed by atoms with Gasteiger partial charge in [0.25, 0.3) is 5.56 Å². The number of ketones is 1. The SMILES string of the molecule is Cc1nc(SCC(=O)c2c(N)n(C3CC3)c(=O)[nH]c2=O)n(C2CCCCC2)c1C. The number of aromatic nitrogens is 4. The number of nitrogens with two attached hydrogens (primary N) is 1. The van der Waals surface area contributed by atoms with Gasteiger partial charge >= 0.3 is 5.69 Å². The van der Waals surface area contributed by atoms with Gasteiger partial charge in [-0.2, -0.15) is 0 Å². The number of nitrogens with one attached hydrogen (secondary N) is 1. The number of carbonyl (C=O) groups excluding carboxylic acids is 1. The molecule has 2 aromatic rings. The highest BCUT2D eigenvalue weighted by atomic mass is 32.2. The molecule has 0 amide bonds. The number of rotatable bonds is 6. The third-order valence-electron chi connectivity index (χ3n) is 6.00. The highest BCUT2D eigenvalue weighted by Crippen LogP contribution is 2.36. The van der Waals surface area contributed by atoms with E-state index >= 15 is 0 Å². The molecule has 9 heteroatoms. The molecule has 3 N–H and O–H groups in total. The summed E-state index contributed by atoms with van der Waals surface area (Å²) in [4.78, 5) is 44.1. The lowest BCUT2D eigenvalue weighted by atomic mass is 9.95. The zero-order valence-corrected chi connectivity index (χ0v) is 17.7. The number of imidazole rings is 1. The monoisotopic (exact) mass is 417 g/mol. The average Bonchev–Trinajstić information content (AvgIpc) is 3.46. The smallest absolute Gasteiger partial charge is 0.330 e. The molecule has 0 spiro atoms. The second-order valence-corrected chi connectivity index (χ2v) is 9.00. The van der Waals surface area contributed by atoms with Gasteiger partial charge in [-0.1, -0.05) is 31.0 Å². The molecule has 156 valence electrons. The lowest BCUT2D eigenvalue weighted by Crippen LogP contribution is -2.36. The molecule has 2 fully saturated rings. The summed E-state index contributed by atoms with van der Waals surface area (Å²) in [6.07, 6.45) is 7.58. The van der Waals surface area contributed by atoms with Crippen molar-refractivity contribution in [2.45, 2.75) is 76.0 Å². The Kier molecular flexibility index (Phi) is 5.42. The standard InChI is InChI=1S/C20H27N5O3S/c1-11-12(2)24(13-6-4-3-5-7-13)20(22-11)29-10-15(26)16-17(21)25(14-8-9-14)19(28)23-18(16)27/h13-14H,3-10,21H2,1-2H3,(H,23,27,28). The van der Waals surface area contributed by atoms with Gasteiger partial charge in [0.05, 0.1) is 11.4 Å². The van der Waals surface area contributed by atoms with Gasteiger partial charge < -0.3 is 10.3 Å². The van der Waals surface area contributed by atoms with Crippen LogP contribution < -0.4 is 17.0 Å². The molecule has 2 saturated carbocycles. The molecule has 0 radical (unpaired) electrons. The molecule has 2 heterocycles. The maximum absolute atomic E-state index is 12.9. The summed E-state index contributed by atoms with van der Waals surface area (Å²) >= 11 is 1.34. The fraction of sp³-hybridized carbons (Fsp3) is 0.600. The van der Waals surface area contributed by atoms with Crippen LogP contribution >= 0.6 is 11.8 Å². The summed E-state index contributed by atoms with van der Waals surface area (Å²) in [5.74, 6) is -0.342. The molecule has 0 aromatic carbocycles. The Morgan fingerprint density at radius 2 is 1.76 bits per heavy atom. The first kappa shape index (κ1) is 20.0. The Morgan fingerprint density at radius 3 is 2.41 bits per heavy atom. The van der Waals surface area contributed by atoms with E-state index in [9.17, 15) is 14.4 Å². The van der Waals surface area contributed by atoms with Crippen molar-refractivity contribution in [3.63, 3.8) is 0 Å². The van der Waals surface area contributed by atoms with Gasteiger partial charge in [-0.05, 0) is 39.5 Å². The highest BCUT2D eigenvalue weighted by molar-refractivity contribution is 7.99. The summed E-state index contributed by atoms with van der Waals surface area (Å²) in [5.41, 5.74) is 6.79. The van der Waals surface area contributed by atoms with Gasteiger partial charge in [-0.25, -0.2) is 9.78 Å². The third-order valence-corrected chi connectivity index (χ3v) is 6.95. The van der Waals surface area contributed by atoms with E-state index in [4.69, 9.17) is 5.73 Å². The second-order valence-electron chi connectivity index (χ2n) is 8.06. The van der Waals surface area contributed by atoms with E-state index in [-0.39, 0.29) is 29.0 Å². The summed E-state index contributed by atoms with van der Waals surface area (Å²) < 4.78 is 3.60. The van der Waals surface area contributed by atoms with Crippen LogP contribution in [0.1, 0.15) is 78.8 Å². The van der Waals surface area contributed by atoms with Gasteiger partial charge in [-0.3, -0.25) is 19.1 Å². The molecule has 29 heavy (non-hydrogen) atoms. The van der Waals surface area contributed by atoms with Crippen LogP contribution in [0, 0.1) is 13.8 Å². The molecule has 0 saturated heterocycles. The largest absolute Gasteiger partial charge is 0.384 e. The Balaban J connectivity index is 1.58. The molecule has 2 aliphatic rings. The van der Waals surface area contributed by atoms with E-state index in [0.29, 0.717) is 6.04 Å². The number of hydrogen-bond donors (Lipinski definition) is 2. The van der Waals surface area contributed by atoms with Crippen molar-refractivity contribution in [1.29, 1.82) is 0 Å². The number of nitrogen functional groups attached to an aromatic ring is 1. The molecular weight excluding hydrogens is 390 g/mol. The molecule has 8 nitrogen and oxygen atoms in total. The molecule has 2 aromatic heterocycles. The highest BCUT2D eigenvalue weighted by Gasteiger charge is 2.30. The molecule has 0 aliphatic heterocycles. The van der Waals surface area contributed by atoms with Crippen LogP contribution in [0.5, 0.6) is 0 Å². The topological polar surface area (TPSA) is 116 Å².